The lowest BCUT2D eigenvalue weighted by Crippen LogP contribution is -2.32. The highest BCUT2D eigenvalue weighted by Gasteiger charge is 2.36. The van der Waals surface area contributed by atoms with Crippen LogP contribution in [0.1, 0.15) is 45.6 Å². The van der Waals surface area contributed by atoms with Crippen molar-refractivity contribution in [1.82, 2.24) is 0 Å². The second-order valence-corrected chi connectivity index (χ2v) is 5.95. The van der Waals surface area contributed by atoms with E-state index in [1.165, 1.54) is 19.3 Å². The van der Waals surface area contributed by atoms with E-state index in [0.29, 0.717) is 17.9 Å². The number of rotatable bonds is 3. The Morgan fingerprint density at radius 3 is 2.56 bits per heavy atom. The molecule has 2 rings (SSSR count). The monoisotopic (exact) mass is 244 g/mol. The Kier molecular flexibility index (Phi) is 4.57. The van der Waals surface area contributed by atoms with Crippen LogP contribution in [0.15, 0.2) is 30.3 Å². The zero-order chi connectivity index (χ0) is 13.0. The Labute approximate surface area is 111 Å². The minimum absolute atomic E-state index is 0.342. The average molecular weight is 244 g/mol. The van der Waals surface area contributed by atoms with E-state index >= 15 is 0 Å². The standard InChI is InChI=1S/C17H24O/c1-13(2)16-10-9-14(3)11-17(16)18-12-15-7-5-4-6-8-15/h4-8,13-14,16-17H,9-11H2,1-3H3/t14-,16+,17-/m1/s1. The van der Waals surface area contributed by atoms with Crippen molar-refractivity contribution in [2.24, 2.45) is 17.8 Å². The molecule has 98 valence electrons. The first-order chi connectivity index (χ1) is 8.66. The normalized spacial score (nSPS) is 29.0. The Balaban J connectivity index is 2.07. The smallest absolute Gasteiger partial charge is 0.290 e. The zero-order valence-electron chi connectivity index (χ0n) is 11.7. The summed E-state index contributed by atoms with van der Waals surface area (Å²) >= 11 is 0. The van der Waals surface area contributed by atoms with Crippen LogP contribution in [0, 0.1) is 17.8 Å². The number of carbonyl (C=O) groups excluding carboxylic acids is 1. The molecule has 0 unspecified atom stereocenters. The molecule has 0 heterocycles. The van der Waals surface area contributed by atoms with Gasteiger partial charge in [-0.05, 0) is 24.7 Å². The van der Waals surface area contributed by atoms with Gasteiger partial charge in [0.05, 0.1) is 5.92 Å². The van der Waals surface area contributed by atoms with Crippen molar-refractivity contribution in [3.8, 4) is 0 Å². The second-order valence-electron chi connectivity index (χ2n) is 5.95. The number of hydrogen-bond acceptors (Lipinski definition) is 0. The van der Waals surface area contributed by atoms with Crippen molar-refractivity contribution in [2.75, 3.05) is 0 Å². The molecule has 0 saturated heterocycles. The van der Waals surface area contributed by atoms with Crippen LogP contribution in [-0.4, -0.2) is 12.4 Å². The van der Waals surface area contributed by atoms with Gasteiger partial charge in [-0.3, -0.25) is 0 Å². The minimum Gasteiger partial charge on any atom is -0.314 e. The van der Waals surface area contributed by atoms with E-state index in [-0.39, 0.29) is 0 Å². The molecular weight excluding hydrogens is 220 g/mol. The van der Waals surface area contributed by atoms with Gasteiger partial charge in [0.15, 0.2) is 0 Å². The molecule has 3 atom stereocenters. The molecule has 1 aliphatic carbocycles. The van der Waals surface area contributed by atoms with E-state index in [1.807, 2.05) is 30.3 Å². The Bertz CT molecular complexity index is 380. The quantitative estimate of drug-likeness (QED) is 0.559. The van der Waals surface area contributed by atoms with Crippen LogP contribution in [0.3, 0.4) is 0 Å². The van der Waals surface area contributed by atoms with Crippen molar-refractivity contribution in [2.45, 2.75) is 46.1 Å². The summed E-state index contributed by atoms with van der Waals surface area (Å²) in [7, 11) is 0. The maximum absolute atomic E-state index is 5.96. The summed E-state index contributed by atoms with van der Waals surface area (Å²) in [5.41, 5.74) is 1.04. The zero-order valence-corrected chi connectivity index (χ0v) is 11.7. The van der Waals surface area contributed by atoms with Gasteiger partial charge in [-0.25, -0.2) is 0 Å². The molecule has 0 aliphatic heterocycles. The molecule has 1 nitrogen and oxygen atoms in total. The lowest BCUT2D eigenvalue weighted by molar-refractivity contribution is -0.0717. The van der Waals surface area contributed by atoms with Gasteiger partial charge >= 0.3 is 0 Å². The van der Waals surface area contributed by atoms with Gasteiger partial charge in [-0.15, -0.1) is 12.1 Å². The Hall–Kier alpha value is -1.11. The van der Waals surface area contributed by atoms with E-state index in [9.17, 15) is 0 Å². The topological polar surface area (TPSA) is 11.3 Å². The lowest BCUT2D eigenvalue weighted by Gasteiger charge is -2.29. The van der Waals surface area contributed by atoms with Crippen LogP contribution in [0.4, 0.5) is 0 Å². The van der Waals surface area contributed by atoms with Crippen molar-refractivity contribution < 1.29 is 4.42 Å². The van der Waals surface area contributed by atoms with Gasteiger partial charge in [-0.1, -0.05) is 32.4 Å². The average Bonchev–Trinajstić information content (AvgIpc) is 2.37. The molecule has 0 spiro atoms. The summed E-state index contributed by atoms with van der Waals surface area (Å²) in [5, 5.41) is 0. The van der Waals surface area contributed by atoms with Crippen molar-refractivity contribution >= 4 is 6.29 Å². The lowest BCUT2D eigenvalue weighted by atomic mass is 9.75. The van der Waals surface area contributed by atoms with Crippen molar-refractivity contribution in [1.29, 1.82) is 0 Å². The summed E-state index contributed by atoms with van der Waals surface area (Å²) in [4.78, 5) is 0. The van der Waals surface area contributed by atoms with E-state index in [2.05, 4.69) is 27.1 Å². The van der Waals surface area contributed by atoms with E-state index in [4.69, 9.17) is 4.42 Å². The first kappa shape index (κ1) is 13.3. The fraction of sp³-hybridized carbons (Fsp3) is 0.588. The molecule has 0 N–H and O–H groups in total. The predicted molar refractivity (Wildman–Crippen MR) is 76.4 cm³/mol. The molecule has 0 radical (unpaired) electrons. The third-order valence-corrected chi connectivity index (χ3v) is 4.06. The van der Waals surface area contributed by atoms with Crippen LogP contribution in [0.2, 0.25) is 0 Å². The van der Waals surface area contributed by atoms with Crippen molar-refractivity contribution in [3.05, 3.63) is 35.9 Å². The van der Waals surface area contributed by atoms with Crippen LogP contribution in [-0.2, 0) is 4.42 Å². The molecule has 1 saturated carbocycles. The SMILES string of the molecule is CC(C)[C@@H]1CC[C@@H](C)C[C@H]1[O+]=[C-]c1ccccc1. The number of hydrogen-bond donors (Lipinski definition) is 0. The van der Waals surface area contributed by atoms with Gasteiger partial charge in [0, 0.05) is 6.42 Å². The fourth-order valence-electron chi connectivity index (χ4n) is 2.90. The summed E-state index contributed by atoms with van der Waals surface area (Å²) in [6, 6.07) is 10.1. The molecule has 1 fully saturated rings. The van der Waals surface area contributed by atoms with Crippen LogP contribution in [0.5, 0.6) is 0 Å². The van der Waals surface area contributed by atoms with E-state index < -0.39 is 0 Å². The van der Waals surface area contributed by atoms with E-state index in [0.717, 1.165) is 11.5 Å². The van der Waals surface area contributed by atoms with Crippen LogP contribution < -0.4 is 0 Å². The first-order valence-corrected chi connectivity index (χ1v) is 7.13. The van der Waals surface area contributed by atoms with Crippen LogP contribution >= 0.6 is 0 Å². The van der Waals surface area contributed by atoms with Gasteiger partial charge in [0.1, 0.15) is 0 Å². The Morgan fingerprint density at radius 1 is 1.17 bits per heavy atom. The summed E-state index contributed by atoms with van der Waals surface area (Å²) in [6.45, 7) is 6.94. The molecule has 1 aromatic rings. The molecule has 1 heteroatoms. The van der Waals surface area contributed by atoms with E-state index in [1.54, 1.807) is 0 Å². The summed E-state index contributed by atoms with van der Waals surface area (Å²) in [5.74, 6) is 2.15. The van der Waals surface area contributed by atoms with Crippen molar-refractivity contribution in [3.63, 3.8) is 0 Å². The maximum atomic E-state index is 5.96. The highest BCUT2D eigenvalue weighted by Crippen LogP contribution is 2.34. The maximum Gasteiger partial charge on any atom is 0.290 e. The molecule has 0 amide bonds. The van der Waals surface area contributed by atoms with Gasteiger partial charge < -0.3 is 4.42 Å². The number of benzene rings is 1. The minimum atomic E-state index is 0.342. The third-order valence-electron chi connectivity index (χ3n) is 4.06. The molecule has 0 bridgehead atoms. The van der Waals surface area contributed by atoms with Gasteiger partial charge in [0.25, 0.3) is 12.4 Å². The van der Waals surface area contributed by atoms with Gasteiger partial charge in [-0.2, -0.15) is 12.1 Å². The van der Waals surface area contributed by atoms with Crippen LogP contribution in [0.25, 0.3) is 0 Å². The highest BCUT2D eigenvalue weighted by atomic mass is 16.4. The third kappa shape index (κ3) is 3.44. The molecule has 18 heavy (non-hydrogen) atoms. The fourth-order valence-corrected chi connectivity index (χ4v) is 2.90. The largest absolute Gasteiger partial charge is 0.314 e. The predicted octanol–water partition coefficient (Wildman–Crippen LogP) is 4.14. The molecule has 1 aliphatic rings. The van der Waals surface area contributed by atoms with Gasteiger partial charge in [0.2, 0.25) is 0 Å². The highest BCUT2D eigenvalue weighted by molar-refractivity contribution is 5.75. The second kappa shape index (κ2) is 6.17. The Morgan fingerprint density at radius 2 is 1.89 bits per heavy atom. The molecular formula is C17H24O. The summed E-state index contributed by atoms with van der Waals surface area (Å²) in [6.07, 6.45) is 7.26. The molecule has 1 aromatic carbocycles. The molecule has 0 aromatic heterocycles. The first-order valence-electron chi connectivity index (χ1n) is 7.13. The summed E-state index contributed by atoms with van der Waals surface area (Å²) < 4.78 is 5.96.